The molecule has 4 nitrogen and oxygen atoms in total. The molecule has 0 spiro atoms. The Hall–Kier alpha value is -0.189. The van der Waals surface area contributed by atoms with Crippen molar-refractivity contribution in [1.82, 2.24) is 0 Å². The smallest absolute Gasteiger partial charge is 0.311 e. The van der Waals surface area contributed by atoms with Gasteiger partial charge in [-0.3, -0.25) is 0 Å². The van der Waals surface area contributed by atoms with E-state index in [0.29, 0.717) is 13.2 Å². The van der Waals surface area contributed by atoms with Crippen molar-refractivity contribution < 1.29 is 17.7 Å². The van der Waals surface area contributed by atoms with E-state index in [0.717, 1.165) is 12.7 Å². The predicted molar refractivity (Wildman–Crippen MR) is 115 cm³/mol. The van der Waals surface area contributed by atoms with Crippen molar-refractivity contribution in [2.45, 2.75) is 71.1 Å². The third kappa shape index (κ3) is 14.6. The van der Waals surface area contributed by atoms with Crippen molar-refractivity contribution in [2.24, 2.45) is 0 Å². The van der Waals surface area contributed by atoms with Crippen molar-refractivity contribution >= 4 is 25.2 Å². The Bertz CT molecular complexity index is 396. The number of hydrogen-bond donors (Lipinski definition) is 0. The van der Waals surface area contributed by atoms with Gasteiger partial charge >= 0.3 is 8.56 Å². The number of hydrogen-bond acceptors (Lipinski definition) is 4. The molecule has 7 heteroatoms. The maximum atomic E-state index is 6.56. The molecule has 0 rings (SSSR count). The minimum atomic E-state index is -2.09. The van der Waals surface area contributed by atoms with Crippen LogP contribution in [0.3, 0.4) is 0 Å². The molecule has 0 heterocycles. The zero-order chi connectivity index (χ0) is 19.4. The summed E-state index contributed by atoms with van der Waals surface area (Å²) < 4.78 is 24.1. The van der Waals surface area contributed by atoms with Gasteiger partial charge < -0.3 is 17.7 Å². The maximum absolute atomic E-state index is 6.56. The van der Waals surface area contributed by atoms with E-state index in [9.17, 15) is 0 Å². The first-order valence-corrected chi connectivity index (χ1v) is 18.5. The molecule has 0 aliphatic heterocycles. The average molecular weight is 405 g/mol. The van der Waals surface area contributed by atoms with Crippen LogP contribution in [0.5, 0.6) is 0 Å². The molecular formula is C18H40O4Si3. The van der Waals surface area contributed by atoms with Gasteiger partial charge in [0.25, 0.3) is 0 Å². The summed E-state index contributed by atoms with van der Waals surface area (Å²) in [5, 5.41) is 0. The van der Waals surface area contributed by atoms with E-state index in [1.807, 2.05) is 0 Å². The van der Waals surface area contributed by atoms with E-state index in [2.05, 4.69) is 52.8 Å². The summed E-state index contributed by atoms with van der Waals surface area (Å²) in [5.74, 6) is 0. The number of ether oxygens (including phenoxy) is 2. The Labute approximate surface area is 159 Å². The maximum Gasteiger partial charge on any atom is 0.311 e. The van der Waals surface area contributed by atoms with Crippen molar-refractivity contribution in [3.05, 3.63) is 25.0 Å². The lowest BCUT2D eigenvalue weighted by Gasteiger charge is -2.38. The molecular weight excluding hydrogens is 364 g/mol. The molecule has 0 amide bonds. The normalized spacial score (nSPS) is 13.4. The Kier molecular flexibility index (Phi) is 12.2. The molecule has 0 saturated carbocycles. The Morgan fingerprint density at radius 2 is 1.44 bits per heavy atom. The van der Waals surface area contributed by atoms with Crippen LogP contribution in [0.15, 0.2) is 25.0 Å². The van der Waals surface area contributed by atoms with Crippen LogP contribution >= 0.6 is 0 Å². The van der Waals surface area contributed by atoms with Gasteiger partial charge in [-0.05, 0) is 57.4 Å². The van der Waals surface area contributed by atoms with Gasteiger partial charge in [0.15, 0.2) is 16.6 Å². The third-order valence-corrected chi connectivity index (χ3v) is 15.0. The van der Waals surface area contributed by atoms with Gasteiger partial charge in [0.1, 0.15) is 6.61 Å². The van der Waals surface area contributed by atoms with Crippen molar-refractivity contribution in [3.8, 4) is 0 Å². The van der Waals surface area contributed by atoms with Gasteiger partial charge in [0.05, 0.1) is 12.9 Å². The van der Waals surface area contributed by atoms with E-state index < -0.39 is 25.2 Å². The van der Waals surface area contributed by atoms with Gasteiger partial charge in [0.2, 0.25) is 0 Å². The Morgan fingerprint density at radius 1 is 0.840 bits per heavy atom. The molecule has 0 radical (unpaired) electrons. The quantitative estimate of drug-likeness (QED) is 0.153. The summed E-state index contributed by atoms with van der Waals surface area (Å²) in [4.78, 5) is 0. The van der Waals surface area contributed by atoms with Gasteiger partial charge in [-0.2, -0.15) is 0 Å². The highest BCUT2D eigenvalue weighted by Gasteiger charge is 2.39. The summed E-state index contributed by atoms with van der Waals surface area (Å²) in [5.41, 5.74) is 0. The predicted octanol–water partition coefficient (Wildman–Crippen LogP) is 5.66. The first-order chi connectivity index (χ1) is 11.5. The van der Waals surface area contributed by atoms with E-state index in [-0.39, 0.29) is 0 Å². The molecule has 0 aromatic carbocycles. The first-order valence-electron chi connectivity index (χ1n) is 9.41. The van der Waals surface area contributed by atoms with Crippen LogP contribution in [-0.4, -0.2) is 45.0 Å². The van der Waals surface area contributed by atoms with Crippen LogP contribution in [0.2, 0.25) is 51.4 Å². The molecule has 0 aliphatic rings. The number of allylic oxidation sites excluding steroid dienone is 2. The third-order valence-electron chi connectivity index (χ3n) is 3.68. The Balaban J connectivity index is 4.17. The second-order valence-electron chi connectivity index (χ2n) is 8.02. The summed E-state index contributed by atoms with van der Waals surface area (Å²) in [6.07, 6.45) is 7.57. The first kappa shape index (κ1) is 24.8. The fourth-order valence-electron chi connectivity index (χ4n) is 2.76. The van der Waals surface area contributed by atoms with Crippen molar-refractivity contribution in [1.29, 1.82) is 0 Å². The number of unbranched alkanes of at least 4 members (excludes halogenated alkanes) is 1. The van der Waals surface area contributed by atoms with Crippen LogP contribution in [0, 0.1) is 0 Å². The second-order valence-corrected chi connectivity index (χ2v) is 20.5. The SMILES string of the molecule is C=CC=COCCOCC[Si](C)(C)O[Si](C)(C)O[Si](C)(C)CCCC. The lowest BCUT2D eigenvalue weighted by Crippen LogP contribution is -2.52. The van der Waals surface area contributed by atoms with Crippen LogP contribution < -0.4 is 0 Å². The van der Waals surface area contributed by atoms with E-state index >= 15 is 0 Å². The molecule has 0 aromatic heterocycles. The highest BCUT2D eigenvalue weighted by Crippen LogP contribution is 2.25. The fraction of sp³-hybridized carbons (Fsp3) is 0.778. The molecule has 0 saturated heterocycles. The summed E-state index contributed by atoms with van der Waals surface area (Å²) in [6, 6.07) is 2.20. The molecule has 0 fully saturated rings. The minimum Gasteiger partial charge on any atom is -0.499 e. The standard InChI is InChI=1S/C18H40O4Si3/c1-9-11-13-19-14-15-20-16-18-24(5,6)22-25(7,8)21-23(3,4)17-12-10-2/h9,11,13H,1,10,12,14-18H2,2-8H3. The molecule has 0 unspecified atom stereocenters. The Morgan fingerprint density at radius 3 is 2.00 bits per heavy atom. The van der Waals surface area contributed by atoms with Gasteiger partial charge in [0, 0.05) is 6.61 Å². The molecule has 0 bridgehead atoms. The van der Waals surface area contributed by atoms with E-state index in [4.69, 9.17) is 17.7 Å². The van der Waals surface area contributed by atoms with Crippen molar-refractivity contribution in [2.75, 3.05) is 19.8 Å². The number of rotatable bonds is 15. The van der Waals surface area contributed by atoms with Gasteiger partial charge in [-0.1, -0.05) is 32.4 Å². The van der Waals surface area contributed by atoms with Crippen LogP contribution in [0.1, 0.15) is 19.8 Å². The van der Waals surface area contributed by atoms with Crippen molar-refractivity contribution in [3.63, 3.8) is 0 Å². The molecule has 0 aliphatic carbocycles. The average Bonchev–Trinajstić information content (AvgIpc) is 2.45. The zero-order valence-electron chi connectivity index (χ0n) is 17.5. The van der Waals surface area contributed by atoms with Crippen LogP contribution in [0.4, 0.5) is 0 Å². The molecule has 0 aromatic rings. The highest BCUT2D eigenvalue weighted by molar-refractivity contribution is 6.87. The molecule has 148 valence electrons. The molecule has 25 heavy (non-hydrogen) atoms. The summed E-state index contributed by atoms with van der Waals surface area (Å²) in [7, 11) is -5.50. The van der Waals surface area contributed by atoms with Crippen LogP contribution in [-0.2, 0) is 17.7 Å². The lowest BCUT2D eigenvalue weighted by atomic mass is 10.4. The van der Waals surface area contributed by atoms with E-state index in [1.165, 1.54) is 18.9 Å². The topological polar surface area (TPSA) is 36.9 Å². The lowest BCUT2D eigenvalue weighted by molar-refractivity contribution is 0.0917. The van der Waals surface area contributed by atoms with Gasteiger partial charge in [-0.15, -0.1) is 0 Å². The highest BCUT2D eigenvalue weighted by atomic mass is 28.5. The van der Waals surface area contributed by atoms with Gasteiger partial charge in [-0.25, -0.2) is 0 Å². The van der Waals surface area contributed by atoms with Crippen LogP contribution in [0.25, 0.3) is 0 Å². The molecule has 0 atom stereocenters. The zero-order valence-corrected chi connectivity index (χ0v) is 20.5. The molecule has 0 N–H and O–H groups in total. The fourth-order valence-corrected chi connectivity index (χ4v) is 16.6. The summed E-state index contributed by atoms with van der Waals surface area (Å²) >= 11 is 0. The monoisotopic (exact) mass is 404 g/mol. The van der Waals surface area contributed by atoms with E-state index in [1.54, 1.807) is 18.4 Å². The second kappa shape index (κ2) is 12.2. The summed E-state index contributed by atoms with van der Waals surface area (Å²) in [6.45, 7) is 21.3. The largest absolute Gasteiger partial charge is 0.499 e. The minimum absolute atomic E-state index is 0.563.